The molecule has 0 aliphatic rings. The lowest BCUT2D eigenvalue weighted by Crippen LogP contribution is -2.11. The van der Waals surface area contributed by atoms with Crippen molar-refractivity contribution in [2.45, 2.75) is 32.7 Å². The zero-order valence-electron chi connectivity index (χ0n) is 11.8. The first-order valence-corrected chi connectivity index (χ1v) is 8.06. The van der Waals surface area contributed by atoms with Gasteiger partial charge in [-0.15, -0.1) is 0 Å². The fourth-order valence-corrected chi connectivity index (χ4v) is 2.98. The maximum Gasteiger partial charge on any atom is 0.0514 e. The summed E-state index contributed by atoms with van der Waals surface area (Å²) in [5, 5.41) is 4.39. The number of nitrogens with one attached hydrogen (secondary N) is 1. The minimum absolute atomic E-state index is 0.302. The van der Waals surface area contributed by atoms with E-state index in [0.717, 1.165) is 33.6 Å². The number of hydrogen-bond donors (Lipinski definition) is 1. The monoisotopic (exact) mass is 351 g/mol. The normalized spacial score (nSPS) is 12.2. The highest BCUT2D eigenvalue weighted by Crippen LogP contribution is 2.33. The molecule has 0 aliphatic carbocycles. The van der Waals surface area contributed by atoms with Crippen LogP contribution >= 0.6 is 27.5 Å². The average Bonchev–Trinajstić information content (AvgIpc) is 2.45. The number of aryl methyl sites for hydroxylation is 1. The molecule has 2 rings (SSSR count). The molecule has 0 saturated heterocycles. The first-order chi connectivity index (χ1) is 9.61. The molecule has 20 heavy (non-hydrogen) atoms. The summed E-state index contributed by atoms with van der Waals surface area (Å²) in [6.07, 6.45) is 2.21. The molecule has 2 aromatic rings. The van der Waals surface area contributed by atoms with E-state index < -0.39 is 0 Å². The van der Waals surface area contributed by atoms with E-state index in [1.54, 1.807) is 0 Å². The molecule has 2 aromatic carbocycles. The molecule has 0 saturated carbocycles. The van der Waals surface area contributed by atoms with Gasteiger partial charge in [0.25, 0.3) is 0 Å². The number of halogens is 2. The van der Waals surface area contributed by atoms with Gasteiger partial charge in [-0.25, -0.2) is 0 Å². The molecule has 1 nitrogen and oxygen atoms in total. The molecule has 1 atom stereocenters. The van der Waals surface area contributed by atoms with Crippen LogP contribution in [-0.2, 0) is 0 Å². The van der Waals surface area contributed by atoms with Crippen molar-refractivity contribution in [1.29, 1.82) is 0 Å². The minimum atomic E-state index is 0.302. The summed E-state index contributed by atoms with van der Waals surface area (Å²) in [6.45, 7) is 4.21. The van der Waals surface area contributed by atoms with Crippen LogP contribution in [-0.4, -0.2) is 0 Å². The Balaban J connectivity index is 2.27. The van der Waals surface area contributed by atoms with Crippen LogP contribution in [0.3, 0.4) is 0 Å². The summed E-state index contributed by atoms with van der Waals surface area (Å²) in [6, 6.07) is 14.9. The number of anilines is 1. The van der Waals surface area contributed by atoms with Crippen LogP contribution in [0.5, 0.6) is 0 Å². The third-order valence-electron chi connectivity index (χ3n) is 3.36. The van der Waals surface area contributed by atoms with Crippen molar-refractivity contribution in [3.63, 3.8) is 0 Å². The molecule has 106 valence electrons. The average molecular weight is 353 g/mol. The van der Waals surface area contributed by atoms with Crippen LogP contribution in [0.15, 0.2) is 46.9 Å². The van der Waals surface area contributed by atoms with Gasteiger partial charge >= 0.3 is 0 Å². The summed E-state index contributed by atoms with van der Waals surface area (Å²) >= 11 is 9.84. The van der Waals surface area contributed by atoms with E-state index in [0.29, 0.717) is 6.04 Å². The van der Waals surface area contributed by atoms with Crippen molar-refractivity contribution in [1.82, 2.24) is 0 Å². The molecule has 0 spiro atoms. The molecule has 0 bridgehead atoms. The van der Waals surface area contributed by atoms with E-state index in [2.05, 4.69) is 58.5 Å². The standard InChI is InChI=1S/C17H19BrClN/c1-3-7-16(13-8-5-4-6-9-13)20-17-11-15(19)12(2)10-14(17)18/h4-6,8-11,16,20H,3,7H2,1-2H3. The van der Waals surface area contributed by atoms with Gasteiger partial charge in [0.2, 0.25) is 0 Å². The third-order valence-corrected chi connectivity index (χ3v) is 4.42. The van der Waals surface area contributed by atoms with Gasteiger partial charge in [0, 0.05) is 9.50 Å². The summed E-state index contributed by atoms with van der Waals surface area (Å²) in [5.74, 6) is 0. The number of rotatable bonds is 5. The molecular formula is C17H19BrClN. The molecule has 0 fully saturated rings. The predicted octanol–water partition coefficient (Wildman–Crippen LogP) is 6.36. The molecule has 0 radical (unpaired) electrons. The van der Waals surface area contributed by atoms with Crippen LogP contribution in [0, 0.1) is 6.92 Å². The van der Waals surface area contributed by atoms with Crippen molar-refractivity contribution in [2.75, 3.05) is 5.32 Å². The molecule has 3 heteroatoms. The van der Waals surface area contributed by atoms with Crippen molar-refractivity contribution in [3.8, 4) is 0 Å². The Morgan fingerprint density at radius 3 is 2.55 bits per heavy atom. The Labute approximate surface area is 134 Å². The number of benzene rings is 2. The topological polar surface area (TPSA) is 12.0 Å². The van der Waals surface area contributed by atoms with Crippen molar-refractivity contribution >= 4 is 33.2 Å². The second kappa shape index (κ2) is 7.14. The fourth-order valence-electron chi connectivity index (χ4n) is 2.24. The molecular weight excluding hydrogens is 334 g/mol. The lowest BCUT2D eigenvalue weighted by molar-refractivity contribution is 0.677. The van der Waals surface area contributed by atoms with Gasteiger partial charge in [0.05, 0.1) is 11.7 Å². The Kier molecular flexibility index (Phi) is 5.50. The van der Waals surface area contributed by atoms with Gasteiger partial charge < -0.3 is 5.32 Å². The highest BCUT2D eigenvalue weighted by atomic mass is 79.9. The zero-order valence-corrected chi connectivity index (χ0v) is 14.1. The molecule has 1 unspecified atom stereocenters. The summed E-state index contributed by atoms with van der Waals surface area (Å²) < 4.78 is 1.05. The Morgan fingerprint density at radius 1 is 1.20 bits per heavy atom. The second-order valence-corrected chi connectivity index (χ2v) is 6.24. The molecule has 0 amide bonds. The molecule has 0 heterocycles. The van der Waals surface area contributed by atoms with Gasteiger partial charge in [-0.05, 0) is 52.5 Å². The predicted molar refractivity (Wildman–Crippen MR) is 91.6 cm³/mol. The van der Waals surface area contributed by atoms with Crippen LogP contribution in [0.2, 0.25) is 5.02 Å². The minimum Gasteiger partial charge on any atom is -0.377 e. The van der Waals surface area contributed by atoms with E-state index in [-0.39, 0.29) is 0 Å². The van der Waals surface area contributed by atoms with Gasteiger partial charge in [-0.1, -0.05) is 55.3 Å². The van der Waals surface area contributed by atoms with Gasteiger partial charge in [0.15, 0.2) is 0 Å². The second-order valence-electron chi connectivity index (χ2n) is 4.98. The van der Waals surface area contributed by atoms with Gasteiger partial charge in [-0.2, -0.15) is 0 Å². The van der Waals surface area contributed by atoms with E-state index in [9.17, 15) is 0 Å². The quantitative estimate of drug-likeness (QED) is 0.659. The third kappa shape index (κ3) is 3.77. The van der Waals surface area contributed by atoms with Crippen LogP contribution in [0.25, 0.3) is 0 Å². The fraction of sp³-hybridized carbons (Fsp3) is 0.294. The maximum atomic E-state index is 6.23. The molecule has 0 aromatic heterocycles. The summed E-state index contributed by atoms with van der Waals surface area (Å²) in [5.41, 5.74) is 3.43. The first kappa shape index (κ1) is 15.4. The van der Waals surface area contributed by atoms with Crippen molar-refractivity contribution in [2.24, 2.45) is 0 Å². The Hall–Kier alpha value is -0.990. The smallest absolute Gasteiger partial charge is 0.0514 e. The van der Waals surface area contributed by atoms with Gasteiger partial charge in [0.1, 0.15) is 0 Å². The lowest BCUT2D eigenvalue weighted by Gasteiger charge is -2.21. The van der Waals surface area contributed by atoms with Crippen LogP contribution in [0.4, 0.5) is 5.69 Å². The van der Waals surface area contributed by atoms with E-state index >= 15 is 0 Å². The lowest BCUT2D eigenvalue weighted by atomic mass is 10.0. The molecule has 0 aliphatic heterocycles. The van der Waals surface area contributed by atoms with Gasteiger partial charge in [-0.3, -0.25) is 0 Å². The van der Waals surface area contributed by atoms with Crippen molar-refractivity contribution in [3.05, 3.63) is 63.1 Å². The Morgan fingerprint density at radius 2 is 1.90 bits per heavy atom. The van der Waals surface area contributed by atoms with E-state index in [4.69, 9.17) is 11.6 Å². The first-order valence-electron chi connectivity index (χ1n) is 6.89. The highest BCUT2D eigenvalue weighted by Gasteiger charge is 2.12. The van der Waals surface area contributed by atoms with Crippen LogP contribution < -0.4 is 5.32 Å². The van der Waals surface area contributed by atoms with Crippen molar-refractivity contribution < 1.29 is 0 Å². The van der Waals surface area contributed by atoms with Crippen LogP contribution in [0.1, 0.15) is 36.9 Å². The SMILES string of the molecule is CCCC(Nc1cc(Cl)c(C)cc1Br)c1ccccc1. The summed E-state index contributed by atoms with van der Waals surface area (Å²) in [4.78, 5) is 0. The zero-order chi connectivity index (χ0) is 14.5. The van der Waals surface area contributed by atoms with E-state index in [1.807, 2.05) is 19.1 Å². The van der Waals surface area contributed by atoms with E-state index in [1.165, 1.54) is 5.56 Å². The maximum absolute atomic E-state index is 6.23. The summed E-state index contributed by atoms with van der Waals surface area (Å²) in [7, 11) is 0. The largest absolute Gasteiger partial charge is 0.377 e. The highest BCUT2D eigenvalue weighted by molar-refractivity contribution is 9.10. The molecule has 1 N–H and O–H groups in total. The number of hydrogen-bond acceptors (Lipinski definition) is 1. The Bertz CT molecular complexity index is 569.